The van der Waals surface area contributed by atoms with Gasteiger partial charge in [0.05, 0.1) is 0 Å². The normalized spacial score (nSPS) is 31.8. The molecule has 0 aromatic rings. The third-order valence-electron chi connectivity index (χ3n) is 2.62. The maximum atomic E-state index is 10.8. The molecule has 0 radical (unpaired) electrons. The summed E-state index contributed by atoms with van der Waals surface area (Å²) in [6.45, 7) is 4.01. The van der Waals surface area contributed by atoms with E-state index in [-0.39, 0.29) is 0 Å². The second-order valence-corrected chi connectivity index (χ2v) is 4.04. The summed E-state index contributed by atoms with van der Waals surface area (Å²) >= 11 is 0. The lowest BCUT2D eigenvalue weighted by Gasteiger charge is -2.25. The molecule has 1 nitrogen and oxygen atoms in total. The fourth-order valence-electron chi connectivity index (χ4n) is 2.15. The molecular weight excluding hydrogens is 136 g/mol. The molecule has 1 fully saturated rings. The number of rotatable bonds is 2. The predicted octanol–water partition coefficient (Wildman–Crippen LogP) is 2.79. The smallest absolute Gasteiger partial charge is 0.130 e. The summed E-state index contributed by atoms with van der Waals surface area (Å²) in [7, 11) is 0. The molecule has 0 spiro atoms. The summed E-state index contributed by atoms with van der Waals surface area (Å²) in [4.78, 5) is 10.8. The van der Waals surface area contributed by atoms with E-state index < -0.39 is 0 Å². The summed E-state index contributed by atoms with van der Waals surface area (Å²) in [5.41, 5.74) is 0. The first-order chi connectivity index (χ1) is 5.18. The molecule has 1 aliphatic rings. The van der Waals surface area contributed by atoms with Crippen LogP contribution in [0.1, 0.15) is 46.0 Å². The molecule has 0 aromatic carbocycles. The fraction of sp³-hybridized carbons (Fsp3) is 0.900. The van der Waals surface area contributed by atoms with E-state index in [0.29, 0.717) is 11.7 Å². The van der Waals surface area contributed by atoms with Gasteiger partial charge in [0.15, 0.2) is 0 Å². The Hall–Kier alpha value is -0.330. The number of hydrogen-bond acceptors (Lipinski definition) is 1. The van der Waals surface area contributed by atoms with Gasteiger partial charge in [-0.15, -0.1) is 0 Å². The fourth-order valence-corrected chi connectivity index (χ4v) is 2.15. The lowest BCUT2D eigenvalue weighted by Crippen LogP contribution is -2.15. The number of Topliss-reactive ketones (excluding diaryl/α,β-unsaturated/α-hetero) is 1. The molecule has 1 rings (SSSR count). The van der Waals surface area contributed by atoms with Gasteiger partial charge < -0.3 is 4.79 Å². The van der Waals surface area contributed by atoms with E-state index in [1.54, 1.807) is 6.92 Å². The van der Waals surface area contributed by atoms with Crippen LogP contribution in [-0.4, -0.2) is 5.78 Å². The second kappa shape index (κ2) is 3.89. The van der Waals surface area contributed by atoms with Crippen molar-refractivity contribution in [1.29, 1.82) is 0 Å². The lowest BCUT2D eigenvalue weighted by molar-refractivity contribution is -0.118. The van der Waals surface area contributed by atoms with Crippen molar-refractivity contribution in [2.75, 3.05) is 0 Å². The zero-order valence-electron chi connectivity index (χ0n) is 7.60. The van der Waals surface area contributed by atoms with Crippen molar-refractivity contribution < 1.29 is 4.79 Å². The Kier molecular flexibility index (Phi) is 3.10. The first-order valence-electron chi connectivity index (χ1n) is 4.68. The number of carbonyl (C=O) groups is 1. The molecule has 0 aromatic heterocycles. The van der Waals surface area contributed by atoms with E-state index >= 15 is 0 Å². The highest BCUT2D eigenvalue weighted by Crippen LogP contribution is 2.30. The Morgan fingerprint density at radius 1 is 1.45 bits per heavy atom. The highest BCUT2D eigenvalue weighted by atomic mass is 16.1. The van der Waals surface area contributed by atoms with Crippen LogP contribution in [0.15, 0.2) is 0 Å². The average molecular weight is 154 g/mol. The molecule has 1 aliphatic carbocycles. The second-order valence-electron chi connectivity index (χ2n) is 4.04. The molecule has 1 heteroatoms. The molecule has 0 bridgehead atoms. The van der Waals surface area contributed by atoms with Crippen LogP contribution in [-0.2, 0) is 4.79 Å². The van der Waals surface area contributed by atoms with Crippen molar-refractivity contribution in [2.24, 2.45) is 11.8 Å². The molecule has 64 valence electrons. The van der Waals surface area contributed by atoms with Crippen molar-refractivity contribution in [3.8, 4) is 0 Å². The van der Waals surface area contributed by atoms with Gasteiger partial charge in [0.1, 0.15) is 5.78 Å². The highest BCUT2D eigenvalue weighted by molar-refractivity contribution is 5.75. The lowest BCUT2D eigenvalue weighted by atomic mass is 9.80. The minimum Gasteiger partial charge on any atom is -0.300 e. The van der Waals surface area contributed by atoms with Gasteiger partial charge in [-0.3, -0.25) is 0 Å². The average Bonchev–Trinajstić information content (AvgIpc) is 1.85. The molecule has 0 N–H and O–H groups in total. The van der Waals surface area contributed by atoms with Crippen LogP contribution < -0.4 is 0 Å². The summed E-state index contributed by atoms with van der Waals surface area (Å²) in [6.07, 6.45) is 6.08. The molecule has 0 saturated heterocycles. The minimum atomic E-state index is 0.365. The van der Waals surface area contributed by atoms with Crippen molar-refractivity contribution in [3.63, 3.8) is 0 Å². The topological polar surface area (TPSA) is 17.1 Å². The van der Waals surface area contributed by atoms with Crippen LogP contribution in [0.3, 0.4) is 0 Å². The number of hydrogen-bond donors (Lipinski definition) is 0. The van der Waals surface area contributed by atoms with Crippen molar-refractivity contribution in [3.05, 3.63) is 0 Å². The molecule has 0 amide bonds. The van der Waals surface area contributed by atoms with E-state index in [1.807, 2.05) is 0 Å². The maximum absolute atomic E-state index is 10.8. The van der Waals surface area contributed by atoms with Crippen LogP contribution in [0.25, 0.3) is 0 Å². The number of carbonyl (C=O) groups excluding carboxylic acids is 1. The monoisotopic (exact) mass is 154 g/mol. The van der Waals surface area contributed by atoms with Crippen LogP contribution in [0.5, 0.6) is 0 Å². The summed E-state index contributed by atoms with van der Waals surface area (Å²) < 4.78 is 0. The standard InChI is InChI=1S/C10H18O/c1-8-4-3-5-10(6-8)7-9(2)11/h8,10H,3-7H2,1-2H3. The van der Waals surface area contributed by atoms with E-state index in [9.17, 15) is 4.79 Å². The largest absolute Gasteiger partial charge is 0.300 e. The van der Waals surface area contributed by atoms with Gasteiger partial charge in [-0.2, -0.15) is 0 Å². The molecule has 0 aliphatic heterocycles. The van der Waals surface area contributed by atoms with Gasteiger partial charge in [-0.1, -0.05) is 26.2 Å². The third kappa shape index (κ3) is 3.04. The summed E-state index contributed by atoms with van der Waals surface area (Å²) in [5, 5.41) is 0. The molecule has 0 heterocycles. The van der Waals surface area contributed by atoms with Gasteiger partial charge >= 0.3 is 0 Å². The van der Waals surface area contributed by atoms with Gasteiger partial charge in [0, 0.05) is 6.42 Å². The zero-order valence-corrected chi connectivity index (χ0v) is 7.60. The van der Waals surface area contributed by atoms with E-state index in [2.05, 4.69) is 6.92 Å². The Bertz CT molecular complexity index is 140. The molecule has 11 heavy (non-hydrogen) atoms. The van der Waals surface area contributed by atoms with Gasteiger partial charge in [0.2, 0.25) is 0 Å². The number of ketones is 1. The maximum Gasteiger partial charge on any atom is 0.130 e. The van der Waals surface area contributed by atoms with E-state index in [4.69, 9.17) is 0 Å². The zero-order chi connectivity index (χ0) is 8.27. The molecule has 2 atom stereocenters. The highest BCUT2D eigenvalue weighted by Gasteiger charge is 2.19. The Morgan fingerprint density at radius 3 is 2.73 bits per heavy atom. The predicted molar refractivity (Wildman–Crippen MR) is 46.4 cm³/mol. The van der Waals surface area contributed by atoms with Crippen molar-refractivity contribution >= 4 is 5.78 Å². The molecular formula is C10H18O. The van der Waals surface area contributed by atoms with Crippen LogP contribution in [0, 0.1) is 11.8 Å². The third-order valence-corrected chi connectivity index (χ3v) is 2.62. The van der Waals surface area contributed by atoms with Crippen molar-refractivity contribution in [1.82, 2.24) is 0 Å². The SMILES string of the molecule is CC(=O)CC1CCCC(C)C1. The van der Waals surface area contributed by atoms with Crippen LogP contribution >= 0.6 is 0 Å². The quantitative estimate of drug-likeness (QED) is 0.597. The van der Waals surface area contributed by atoms with E-state index in [0.717, 1.165) is 12.3 Å². The van der Waals surface area contributed by atoms with Crippen molar-refractivity contribution in [2.45, 2.75) is 46.0 Å². The van der Waals surface area contributed by atoms with E-state index in [1.165, 1.54) is 25.7 Å². The Morgan fingerprint density at radius 2 is 2.18 bits per heavy atom. The van der Waals surface area contributed by atoms with Gasteiger partial charge in [-0.25, -0.2) is 0 Å². The Labute approximate surface area is 69.2 Å². The summed E-state index contributed by atoms with van der Waals surface area (Å²) in [5.74, 6) is 1.92. The van der Waals surface area contributed by atoms with Gasteiger partial charge in [-0.05, 0) is 25.2 Å². The van der Waals surface area contributed by atoms with Gasteiger partial charge in [0.25, 0.3) is 0 Å². The Balaban J connectivity index is 2.28. The summed E-state index contributed by atoms with van der Waals surface area (Å²) in [6, 6.07) is 0. The first kappa shape index (κ1) is 8.76. The molecule has 2 unspecified atom stereocenters. The first-order valence-corrected chi connectivity index (χ1v) is 4.68. The van der Waals surface area contributed by atoms with Crippen LogP contribution in [0.4, 0.5) is 0 Å². The molecule has 1 saturated carbocycles. The minimum absolute atomic E-state index is 0.365. The van der Waals surface area contributed by atoms with Crippen LogP contribution in [0.2, 0.25) is 0 Å².